The molecule has 0 fully saturated rings. The van der Waals surface area contributed by atoms with E-state index >= 15 is 0 Å². The number of rotatable bonds is 1. The number of phenolic OH excluding ortho intramolecular Hbond substituents is 1. The third-order valence-corrected chi connectivity index (χ3v) is 2.40. The average Bonchev–Trinajstić information content (AvgIpc) is 2.14. The number of carboxylic acids is 1. The number of ketones is 1. The van der Waals surface area contributed by atoms with Crippen LogP contribution in [0.3, 0.4) is 0 Å². The number of carbonyl (C=O) groups is 2. The zero-order valence-electron chi connectivity index (χ0n) is 8.56. The van der Waals surface area contributed by atoms with Crippen molar-refractivity contribution in [3.63, 3.8) is 0 Å². The predicted molar refractivity (Wildman–Crippen MR) is 54.1 cm³/mol. The molecule has 0 spiro atoms. The predicted octanol–water partition coefficient (Wildman–Crippen LogP) is 1.44. The molecule has 1 heterocycles. The van der Waals surface area contributed by atoms with Gasteiger partial charge in [0.2, 0.25) is 0 Å². The molecule has 16 heavy (non-hydrogen) atoms. The molecule has 0 saturated carbocycles. The summed E-state index contributed by atoms with van der Waals surface area (Å²) in [6.45, 7) is 1.71. The van der Waals surface area contributed by atoms with E-state index in [2.05, 4.69) is 0 Å². The second-order valence-corrected chi connectivity index (χ2v) is 3.73. The van der Waals surface area contributed by atoms with Crippen LogP contribution in [0.4, 0.5) is 0 Å². The van der Waals surface area contributed by atoms with Crippen LogP contribution in [-0.4, -0.2) is 28.1 Å². The minimum atomic E-state index is -1.25. The van der Waals surface area contributed by atoms with Crippen LogP contribution in [0.25, 0.3) is 0 Å². The van der Waals surface area contributed by atoms with Gasteiger partial charge in [0, 0.05) is 12.5 Å². The van der Waals surface area contributed by atoms with Crippen LogP contribution >= 0.6 is 0 Å². The van der Waals surface area contributed by atoms with Gasteiger partial charge in [0.1, 0.15) is 17.6 Å². The maximum atomic E-state index is 11.7. The van der Waals surface area contributed by atoms with Gasteiger partial charge in [-0.2, -0.15) is 0 Å². The molecule has 5 nitrogen and oxygen atoms in total. The number of Topliss-reactive ketones (excluding diaryl/α,β-unsaturated/α-hetero) is 1. The monoisotopic (exact) mass is 222 g/mol. The lowest BCUT2D eigenvalue weighted by Crippen LogP contribution is -2.25. The third kappa shape index (κ3) is 1.60. The van der Waals surface area contributed by atoms with Gasteiger partial charge in [-0.05, 0) is 13.0 Å². The minimum Gasteiger partial charge on any atom is -0.508 e. The Morgan fingerprint density at radius 1 is 1.50 bits per heavy atom. The Bertz CT molecular complexity index is 478. The first-order valence-electron chi connectivity index (χ1n) is 4.79. The van der Waals surface area contributed by atoms with Crippen molar-refractivity contribution in [2.75, 3.05) is 0 Å². The van der Waals surface area contributed by atoms with Crippen molar-refractivity contribution < 1.29 is 24.5 Å². The second kappa shape index (κ2) is 3.52. The summed E-state index contributed by atoms with van der Waals surface area (Å²) in [5, 5.41) is 18.3. The molecule has 1 aromatic carbocycles. The van der Waals surface area contributed by atoms with E-state index < -0.39 is 5.97 Å². The summed E-state index contributed by atoms with van der Waals surface area (Å²) < 4.78 is 5.33. The van der Waals surface area contributed by atoms with Crippen molar-refractivity contribution in [2.45, 2.75) is 19.4 Å². The van der Waals surface area contributed by atoms with E-state index in [1.165, 1.54) is 6.07 Å². The first-order chi connectivity index (χ1) is 7.49. The number of hydrogen-bond acceptors (Lipinski definition) is 4. The summed E-state index contributed by atoms with van der Waals surface area (Å²) in [7, 11) is 0. The van der Waals surface area contributed by atoms with Gasteiger partial charge in [-0.3, -0.25) is 4.79 Å². The van der Waals surface area contributed by atoms with Crippen LogP contribution in [-0.2, 0) is 0 Å². The number of aromatic hydroxyl groups is 1. The van der Waals surface area contributed by atoms with Gasteiger partial charge in [-0.1, -0.05) is 0 Å². The van der Waals surface area contributed by atoms with E-state index in [-0.39, 0.29) is 40.9 Å². The van der Waals surface area contributed by atoms with E-state index in [1.54, 1.807) is 6.92 Å². The fraction of sp³-hybridized carbons (Fsp3) is 0.273. The van der Waals surface area contributed by atoms with E-state index in [1.807, 2.05) is 0 Å². The third-order valence-electron chi connectivity index (χ3n) is 2.40. The molecule has 84 valence electrons. The lowest BCUT2D eigenvalue weighted by atomic mass is 9.96. The quantitative estimate of drug-likeness (QED) is 0.751. The van der Waals surface area contributed by atoms with Crippen LogP contribution < -0.4 is 4.74 Å². The first-order valence-corrected chi connectivity index (χ1v) is 4.79. The summed E-state index contributed by atoms with van der Waals surface area (Å²) in [6, 6.07) is 2.31. The number of benzene rings is 1. The Kier molecular flexibility index (Phi) is 2.30. The van der Waals surface area contributed by atoms with Crippen LogP contribution in [0, 0.1) is 0 Å². The van der Waals surface area contributed by atoms with Crippen LogP contribution in [0.5, 0.6) is 11.5 Å². The fourth-order valence-corrected chi connectivity index (χ4v) is 1.77. The van der Waals surface area contributed by atoms with Crippen LogP contribution in [0.15, 0.2) is 12.1 Å². The van der Waals surface area contributed by atoms with Gasteiger partial charge in [-0.25, -0.2) is 4.79 Å². The Balaban J connectivity index is 2.66. The van der Waals surface area contributed by atoms with Gasteiger partial charge in [0.05, 0.1) is 11.1 Å². The van der Waals surface area contributed by atoms with E-state index in [0.717, 1.165) is 6.07 Å². The summed E-state index contributed by atoms with van der Waals surface area (Å²) in [5.74, 6) is -1.61. The molecule has 1 unspecified atom stereocenters. The van der Waals surface area contributed by atoms with Crippen molar-refractivity contribution in [1.29, 1.82) is 0 Å². The largest absolute Gasteiger partial charge is 0.508 e. The highest BCUT2D eigenvalue weighted by Crippen LogP contribution is 2.34. The lowest BCUT2D eigenvalue weighted by Gasteiger charge is -2.23. The van der Waals surface area contributed by atoms with Crippen molar-refractivity contribution >= 4 is 11.8 Å². The van der Waals surface area contributed by atoms with Crippen LogP contribution in [0.1, 0.15) is 34.1 Å². The molecule has 0 radical (unpaired) electrons. The Labute approximate surface area is 91.3 Å². The zero-order valence-corrected chi connectivity index (χ0v) is 8.56. The molecule has 2 rings (SSSR count). The molecule has 1 atom stereocenters. The van der Waals surface area contributed by atoms with E-state index in [0.29, 0.717) is 0 Å². The Morgan fingerprint density at radius 3 is 2.81 bits per heavy atom. The number of phenols is 1. The summed E-state index contributed by atoms with van der Waals surface area (Å²) in [4.78, 5) is 22.6. The van der Waals surface area contributed by atoms with Crippen molar-refractivity contribution in [2.24, 2.45) is 0 Å². The number of carboxylic acid groups (broad SMARTS) is 1. The van der Waals surface area contributed by atoms with Gasteiger partial charge in [0.15, 0.2) is 5.78 Å². The summed E-state index contributed by atoms with van der Waals surface area (Å²) in [5.41, 5.74) is -0.171. The van der Waals surface area contributed by atoms with Crippen LogP contribution in [0.2, 0.25) is 0 Å². The highest BCUT2D eigenvalue weighted by atomic mass is 16.5. The molecular formula is C11H10O5. The van der Waals surface area contributed by atoms with Crippen molar-refractivity contribution in [1.82, 2.24) is 0 Å². The van der Waals surface area contributed by atoms with Crippen molar-refractivity contribution in [3.8, 4) is 11.5 Å². The smallest absolute Gasteiger partial charge is 0.336 e. The van der Waals surface area contributed by atoms with Gasteiger partial charge in [-0.15, -0.1) is 0 Å². The molecule has 1 aliphatic heterocycles. The first kappa shape index (κ1) is 10.5. The number of fused-ring (bicyclic) bond motifs is 1. The topological polar surface area (TPSA) is 83.8 Å². The molecular weight excluding hydrogens is 212 g/mol. The minimum absolute atomic E-state index is 0.0448. The number of ether oxygens (including phenoxy) is 1. The molecule has 1 aromatic rings. The average molecular weight is 222 g/mol. The fourth-order valence-electron chi connectivity index (χ4n) is 1.77. The summed E-state index contributed by atoms with van der Waals surface area (Å²) in [6.07, 6.45) is -0.152. The number of aromatic carboxylic acids is 1. The molecule has 1 aliphatic rings. The highest BCUT2D eigenvalue weighted by molar-refractivity contribution is 6.09. The maximum Gasteiger partial charge on any atom is 0.336 e. The molecule has 2 N–H and O–H groups in total. The molecule has 0 saturated heterocycles. The Morgan fingerprint density at radius 2 is 2.19 bits per heavy atom. The SMILES string of the molecule is CC1CC(=O)c2c(cc(O)cc2C(=O)O)O1. The van der Waals surface area contributed by atoms with Gasteiger partial charge < -0.3 is 14.9 Å². The lowest BCUT2D eigenvalue weighted by molar-refractivity contribution is 0.0682. The summed E-state index contributed by atoms with van der Waals surface area (Å²) >= 11 is 0. The van der Waals surface area contributed by atoms with Crippen molar-refractivity contribution in [3.05, 3.63) is 23.3 Å². The molecule has 0 bridgehead atoms. The normalized spacial score (nSPS) is 18.8. The molecule has 0 aliphatic carbocycles. The molecule has 0 aromatic heterocycles. The van der Waals surface area contributed by atoms with E-state index in [4.69, 9.17) is 9.84 Å². The number of hydrogen-bond donors (Lipinski definition) is 2. The molecule has 5 heteroatoms. The second-order valence-electron chi connectivity index (χ2n) is 3.73. The number of carbonyl (C=O) groups excluding carboxylic acids is 1. The molecule has 0 amide bonds. The highest BCUT2D eigenvalue weighted by Gasteiger charge is 2.29. The van der Waals surface area contributed by atoms with Gasteiger partial charge >= 0.3 is 5.97 Å². The van der Waals surface area contributed by atoms with E-state index in [9.17, 15) is 14.7 Å². The zero-order chi connectivity index (χ0) is 11.9. The Hall–Kier alpha value is -2.04. The standard InChI is InChI=1S/C11H10O5/c1-5-2-8(13)10-7(11(14)15)3-6(12)4-9(10)16-5/h3-5,12H,2H2,1H3,(H,14,15). The van der Waals surface area contributed by atoms with Gasteiger partial charge in [0.25, 0.3) is 0 Å². The maximum absolute atomic E-state index is 11.7.